The molecule has 126 valence electrons. The van der Waals surface area contributed by atoms with E-state index in [2.05, 4.69) is 27.3 Å². The molecule has 2 aromatic rings. The van der Waals surface area contributed by atoms with Gasteiger partial charge in [-0.05, 0) is 37.2 Å². The van der Waals surface area contributed by atoms with E-state index in [9.17, 15) is 4.79 Å². The number of hydrogen-bond donors (Lipinski definition) is 0. The number of benzene rings is 1. The van der Waals surface area contributed by atoms with Crippen molar-refractivity contribution < 1.29 is 4.79 Å². The number of carbonyl (C=O) groups is 1. The fourth-order valence-corrected chi connectivity index (χ4v) is 4.27. The first-order valence-corrected chi connectivity index (χ1v) is 9.06. The van der Waals surface area contributed by atoms with Gasteiger partial charge in [-0.25, -0.2) is 4.68 Å². The van der Waals surface area contributed by atoms with E-state index in [1.54, 1.807) is 10.9 Å². The van der Waals surface area contributed by atoms with Crippen molar-refractivity contribution in [2.45, 2.75) is 51.1 Å². The average Bonchev–Trinajstić information content (AvgIpc) is 3.10. The second kappa shape index (κ2) is 6.75. The molecule has 1 aromatic heterocycles. The molecular formula is C19H24N4O. The number of hydrogen-bond acceptors (Lipinski definition) is 3. The lowest BCUT2D eigenvalue weighted by Gasteiger charge is -2.43. The van der Waals surface area contributed by atoms with Crippen LogP contribution in [0.2, 0.25) is 0 Å². The van der Waals surface area contributed by atoms with E-state index >= 15 is 0 Å². The number of fused-ring (bicyclic) bond motifs is 1. The normalized spacial score (nSPS) is 23.8. The van der Waals surface area contributed by atoms with Gasteiger partial charge in [-0.15, -0.1) is 5.10 Å². The predicted octanol–water partition coefficient (Wildman–Crippen LogP) is 3.12. The predicted molar refractivity (Wildman–Crippen MR) is 91.6 cm³/mol. The van der Waals surface area contributed by atoms with Gasteiger partial charge in [-0.1, -0.05) is 48.4 Å². The molecule has 2 atom stereocenters. The second-order valence-corrected chi connectivity index (χ2v) is 7.04. The Morgan fingerprint density at radius 1 is 1.08 bits per heavy atom. The molecule has 2 heterocycles. The first kappa shape index (κ1) is 15.4. The Hall–Kier alpha value is -2.17. The van der Waals surface area contributed by atoms with Crippen molar-refractivity contribution in [2.24, 2.45) is 5.92 Å². The number of amides is 1. The topological polar surface area (TPSA) is 51.0 Å². The molecule has 0 bridgehead atoms. The maximum absolute atomic E-state index is 12.9. The molecule has 1 saturated heterocycles. The molecule has 2 aliphatic rings. The Morgan fingerprint density at radius 2 is 1.88 bits per heavy atom. The van der Waals surface area contributed by atoms with E-state index in [1.807, 2.05) is 18.2 Å². The van der Waals surface area contributed by atoms with Gasteiger partial charge < -0.3 is 4.90 Å². The highest BCUT2D eigenvalue weighted by molar-refractivity contribution is 5.92. The Kier molecular flexibility index (Phi) is 4.32. The average molecular weight is 324 g/mol. The van der Waals surface area contributed by atoms with Crippen molar-refractivity contribution >= 4 is 5.91 Å². The lowest BCUT2D eigenvalue weighted by Crippen LogP contribution is -2.49. The monoisotopic (exact) mass is 324 g/mol. The van der Waals surface area contributed by atoms with Gasteiger partial charge in [-0.2, -0.15) is 0 Å². The minimum Gasteiger partial charge on any atom is -0.334 e. The number of aromatic nitrogens is 3. The van der Waals surface area contributed by atoms with Gasteiger partial charge in [0.05, 0.1) is 12.7 Å². The highest BCUT2D eigenvalue weighted by Crippen LogP contribution is 2.35. The van der Waals surface area contributed by atoms with Crippen LogP contribution in [0.1, 0.15) is 54.6 Å². The number of rotatable bonds is 3. The standard InChI is InChI=1S/C19H24N4O/c24-19(23-12-6-10-16-9-4-5-11-18(16)23)17-14-22(21-20-17)13-15-7-2-1-3-8-15/h1-3,7-8,14,16,18H,4-6,9-13H2. The number of nitrogens with zero attached hydrogens (tertiary/aromatic N) is 4. The maximum atomic E-state index is 12.9. The van der Waals surface area contributed by atoms with E-state index in [-0.39, 0.29) is 5.91 Å². The molecule has 2 fully saturated rings. The van der Waals surface area contributed by atoms with Crippen LogP contribution in [0, 0.1) is 5.92 Å². The Balaban J connectivity index is 1.48. The molecule has 0 spiro atoms. The minimum atomic E-state index is 0.0610. The summed E-state index contributed by atoms with van der Waals surface area (Å²) >= 11 is 0. The Bertz CT molecular complexity index is 694. The van der Waals surface area contributed by atoms with Crippen molar-refractivity contribution in [3.05, 3.63) is 47.8 Å². The van der Waals surface area contributed by atoms with Crippen LogP contribution in [0.4, 0.5) is 0 Å². The maximum Gasteiger partial charge on any atom is 0.276 e. The highest BCUT2D eigenvalue weighted by atomic mass is 16.2. The van der Waals surface area contributed by atoms with E-state index in [0.717, 1.165) is 24.9 Å². The molecule has 24 heavy (non-hydrogen) atoms. The summed E-state index contributed by atoms with van der Waals surface area (Å²) in [6, 6.07) is 10.5. The van der Waals surface area contributed by atoms with Gasteiger partial charge in [0.25, 0.3) is 5.91 Å². The summed E-state index contributed by atoms with van der Waals surface area (Å²) in [6.45, 7) is 1.51. The Morgan fingerprint density at radius 3 is 2.75 bits per heavy atom. The number of carbonyl (C=O) groups excluding carboxylic acids is 1. The quantitative estimate of drug-likeness (QED) is 0.871. The summed E-state index contributed by atoms with van der Waals surface area (Å²) < 4.78 is 1.75. The number of likely N-dealkylation sites (tertiary alicyclic amines) is 1. The summed E-state index contributed by atoms with van der Waals surface area (Å²) in [5, 5.41) is 8.30. The lowest BCUT2D eigenvalue weighted by atomic mass is 9.78. The van der Waals surface area contributed by atoms with Gasteiger partial charge in [0.15, 0.2) is 5.69 Å². The molecule has 0 radical (unpaired) electrons. The zero-order chi connectivity index (χ0) is 16.4. The molecule has 1 saturated carbocycles. The van der Waals surface area contributed by atoms with Crippen LogP contribution in [-0.2, 0) is 6.54 Å². The van der Waals surface area contributed by atoms with Crippen molar-refractivity contribution in [2.75, 3.05) is 6.54 Å². The van der Waals surface area contributed by atoms with Crippen molar-refractivity contribution in [1.82, 2.24) is 19.9 Å². The third kappa shape index (κ3) is 3.07. The van der Waals surface area contributed by atoms with E-state index < -0.39 is 0 Å². The third-order valence-corrected chi connectivity index (χ3v) is 5.45. The SMILES string of the molecule is O=C(c1cn(Cc2ccccc2)nn1)N1CCCC2CCCCC21. The van der Waals surface area contributed by atoms with Crippen molar-refractivity contribution in [1.29, 1.82) is 0 Å². The molecule has 5 heteroatoms. The smallest absolute Gasteiger partial charge is 0.276 e. The van der Waals surface area contributed by atoms with Crippen LogP contribution >= 0.6 is 0 Å². The molecule has 4 rings (SSSR count). The fraction of sp³-hybridized carbons (Fsp3) is 0.526. The fourth-order valence-electron chi connectivity index (χ4n) is 4.27. The molecule has 1 amide bonds. The van der Waals surface area contributed by atoms with Crippen LogP contribution in [0.3, 0.4) is 0 Å². The Labute approximate surface area is 142 Å². The van der Waals surface area contributed by atoms with Gasteiger partial charge in [-0.3, -0.25) is 4.79 Å². The van der Waals surface area contributed by atoms with Crippen molar-refractivity contribution in [3.63, 3.8) is 0 Å². The van der Waals surface area contributed by atoms with Crippen LogP contribution in [0.15, 0.2) is 36.5 Å². The van der Waals surface area contributed by atoms with Gasteiger partial charge in [0.1, 0.15) is 0 Å². The second-order valence-electron chi connectivity index (χ2n) is 7.04. The van der Waals surface area contributed by atoms with Gasteiger partial charge in [0, 0.05) is 12.6 Å². The van der Waals surface area contributed by atoms with Crippen molar-refractivity contribution in [3.8, 4) is 0 Å². The zero-order valence-corrected chi connectivity index (χ0v) is 14.0. The summed E-state index contributed by atoms with van der Waals surface area (Å²) in [7, 11) is 0. The molecule has 5 nitrogen and oxygen atoms in total. The summed E-state index contributed by atoms with van der Waals surface area (Å²) in [6.07, 6.45) is 9.16. The largest absolute Gasteiger partial charge is 0.334 e. The van der Waals surface area contributed by atoms with Crippen LogP contribution < -0.4 is 0 Å². The van der Waals surface area contributed by atoms with Crippen LogP contribution in [0.5, 0.6) is 0 Å². The van der Waals surface area contributed by atoms with E-state index in [0.29, 0.717) is 24.2 Å². The first-order chi connectivity index (χ1) is 11.8. The summed E-state index contributed by atoms with van der Waals surface area (Å²) in [5.74, 6) is 0.752. The van der Waals surface area contributed by atoms with Crippen LogP contribution in [0.25, 0.3) is 0 Å². The molecule has 0 N–H and O–H groups in total. The van der Waals surface area contributed by atoms with E-state index in [1.165, 1.54) is 25.7 Å². The summed E-state index contributed by atoms with van der Waals surface area (Å²) in [5.41, 5.74) is 1.64. The first-order valence-electron chi connectivity index (χ1n) is 9.06. The van der Waals surface area contributed by atoms with E-state index in [4.69, 9.17) is 0 Å². The molecule has 2 unspecified atom stereocenters. The molecule has 1 aliphatic carbocycles. The molecule has 1 aromatic carbocycles. The van der Waals surface area contributed by atoms with Gasteiger partial charge in [0.2, 0.25) is 0 Å². The molecular weight excluding hydrogens is 300 g/mol. The van der Waals surface area contributed by atoms with Gasteiger partial charge >= 0.3 is 0 Å². The lowest BCUT2D eigenvalue weighted by molar-refractivity contribution is 0.0385. The van der Waals surface area contributed by atoms with Crippen LogP contribution in [-0.4, -0.2) is 38.4 Å². The minimum absolute atomic E-state index is 0.0610. The third-order valence-electron chi connectivity index (χ3n) is 5.45. The highest BCUT2D eigenvalue weighted by Gasteiger charge is 2.36. The zero-order valence-electron chi connectivity index (χ0n) is 14.0. The molecule has 1 aliphatic heterocycles. The number of piperidine rings is 1. The summed E-state index contributed by atoms with van der Waals surface area (Å²) in [4.78, 5) is 15.0.